The Morgan fingerprint density at radius 2 is 2.36 bits per heavy atom. The fraction of sp³-hybridized carbons (Fsp3) is 0.875. The van der Waals surface area contributed by atoms with Crippen LogP contribution in [0.15, 0.2) is 0 Å². The highest BCUT2D eigenvalue weighted by Gasteiger charge is 2.33. The lowest BCUT2D eigenvalue weighted by Crippen LogP contribution is -2.16. The molecule has 0 radical (unpaired) electrons. The Kier molecular flexibility index (Phi) is 2.49. The predicted octanol–water partition coefficient (Wildman–Crippen LogP) is 0.914. The van der Waals surface area contributed by atoms with Crippen LogP contribution in [0.1, 0.15) is 26.7 Å². The second-order valence-electron chi connectivity index (χ2n) is 3.47. The van der Waals surface area contributed by atoms with Gasteiger partial charge in [0.1, 0.15) is 0 Å². The van der Waals surface area contributed by atoms with Crippen LogP contribution in [-0.2, 0) is 9.53 Å². The van der Waals surface area contributed by atoms with Crippen molar-refractivity contribution in [2.75, 3.05) is 0 Å². The summed E-state index contributed by atoms with van der Waals surface area (Å²) in [7, 11) is 0. The quantitative estimate of drug-likeness (QED) is 0.608. The van der Waals surface area contributed by atoms with Crippen molar-refractivity contribution >= 4 is 5.97 Å². The van der Waals surface area contributed by atoms with Gasteiger partial charge in [0.2, 0.25) is 6.29 Å². The van der Waals surface area contributed by atoms with E-state index >= 15 is 0 Å². The molecule has 3 heteroatoms. The summed E-state index contributed by atoms with van der Waals surface area (Å²) in [4.78, 5) is 10.7. The van der Waals surface area contributed by atoms with E-state index in [1.165, 1.54) is 0 Å². The van der Waals surface area contributed by atoms with E-state index in [1.54, 1.807) is 0 Å². The number of ether oxygens (including phenoxy) is 1. The zero-order valence-corrected chi connectivity index (χ0v) is 6.91. The molecule has 0 aromatic carbocycles. The first-order valence-corrected chi connectivity index (χ1v) is 3.97. The van der Waals surface area contributed by atoms with Crippen molar-refractivity contribution in [3.63, 3.8) is 0 Å². The summed E-state index contributed by atoms with van der Waals surface area (Å²) < 4.78 is 4.59. The minimum Gasteiger partial charge on any atom is -0.436 e. The van der Waals surface area contributed by atoms with Crippen LogP contribution in [0.3, 0.4) is 0 Å². The van der Waals surface area contributed by atoms with Crippen LogP contribution in [0.5, 0.6) is 0 Å². The third-order valence-corrected chi connectivity index (χ3v) is 1.86. The second-order valence-corrected chi connectivity index (χ2v) is 3.47. The summed E-state index contributed by atoms with van der Waals surface area (Å²) in [5.74, 6) is 0.245. The predicted molar refractivity (Wildman–Crippen MR) is 39.7 cm³/mol. The fourth-order valence-electron chi connectivity index (χ4n) is 1.40. The molecule has 11 heavy (non-hydrogen) atoms. The van der Waals surface area contributed by atoms with E-state index in [1.807, 2.05) is 0 Å². The molecule has 64 valence electrons. The van der Waals surface area contributed by atoms with Crippen LogP contribution in [0.25, 0.3) is 0 Å². The zero-order valence-electron chi connectivity index (χ0n) is 6.91. The number of carbonyl (C=O) groups is 1. The monoisotopic (exact) mass is 158 g/mol. The number of aliphatic hydroxyl groups is 1. The number of hydrogen-bond donors (Lipinski definition) is 1. The lowest BCUT2D eigenvalue weighted by Gasteiger charge is -2.13. The van der Waals surface area contributed by atoms with Gasteiger partial charge in [0, 0.05) is 5.92 Å². The summed E-state index contributed by atoms with van der Waals surface area (Å²) >= 11 is 0. The molecule has 1 unspecified atom stereocenters. The Balaban J connectivity index is 2.40. The molecule has 1 aliphatic heterocycles. The van der Waals surface area contributed by atoms with Crippen LogP contribution >= 0.6 is 0 Å². The molecule has 3 nitrogen and oxygen atoms in total. The van der Waals surface area contributed by atoms with Crippen LogP contribution in [0, 0.1) is 11.8 Å². The average Bonchev–Trinajstić information content (AvgIpc) is 2.09. The molecular formula is C8H14O3. The molecule has 1 saturated heterocycles. The molecule has 0 bridgehead atoms. The van der Waals surface area contributed by atoms with Gasteiger partial charge in [-0.1, -0.05) is 13.8 Å². The summed E-state index contributed by atoms with van der Waals surface area (Å²) in [5, 5.41) is 9.17. The summed E-state index contributed by atoms with van der Waals surface area (Å²) in [6, 6.07) is 0. The van der Waals surface area contributed by atoms with Crippen molar-refractivity contribution in [2.24, 2.45) is 11.8 Å². The van der Waals surface area contributed by atoms with Crippen molar-refractivity contribution < 1.29 is 14.6 Å². The van der Waals surface area contributed by atoms with Gasteiger partial charge in [0.05, 0.1) is 6.42 Å². The van der Waals surface area contributed by atoms with Gasteiger partial charge in [-0.2, -0.15) is 0 Å². The fourth-order valence-corrected chi connectivity index (χ4v) is 1.40. The lowest BCUT2D eigenvalue weighted by atomic mass is 9.95. The topological polar surface area (TPSA) is 46.5 Å². The van der Waals surface area contributed by atoms with E-state index in [2.05, 4.69) is 18.6 Å². The van der Waals surface area contributed by atoms with E-state index in [0.29, 0.717) is 12.3 Å². The number of esters is 1. The van der Waals surface area contributed by atoms with Gasteiger partial charge < -0.3 is 9.84 Å². The van der Waals surface area contributed by atoms with Gasteiger partial charge in [-0.05, 0) is 12.3 Å². The number of carbonyl (C=O) groups excluding carboxylic acids is 1. The Morgan fingerprint density at radius 3 is 2.73 bits per heavy atom. The number of rotatable bonds is 2. The molecule has 1 N–H and O–H groups in total. The van der Waals surface area contributed by atoms with E-state index < -0.39 is 6.29 Å². The standard InChI is InChI=1S/C8H14O3/c1-5(2)3-6-4-7(9)11-8(6)10/h5-6,8,10H,3-4H2,1-2H3/t6-,8?/m0/s1. The first-order valence-electron chi connectivity index (χ1n) is 3.97. The summed E-state index contributed by atoms with van der Waals surface area (Å²) in [6.45, 7) is 4.13. The van der Waals surface area contributed by atoms with E-state index in [9.17, 15) is 4.79 Å². The molecule has 1 rings (SSSR count). The molecule has 0 aromatic heterocycles. The van der Waals surface area contributed by atoms with Crippen molar-refractivity contribution in [1.29, 1.82) is 0 Å². The van der Waals surface area contributed by atoms with Gasteiger partial charge in [0.25, 0.3) is 0 Å². The lowest BCUT2D eigenvalue weighted by molar-refractivity contribution is -0.156. The van der Waals surface area contributed by atoms with Crippen molar-refractivity contribution in [2.45, 2.75) is 33.0 Å². The van der Waals surface area contributed by atoms with Gasteiger partial charge >= 0.3 is 5.97 Å². The maximum atomic E-state index is 10.7. The molecule has 0 spiro atoms. The Labute approximate surface area is 66.4 Å². The first-order chi connectivity index (χ1) is 5.09. The highest BCUT2D eigenvalue weighted by Crippen LogP contribution is 2.26. The van der Waals surface area contributed by atoms with Crippen LogP contribution in [-0.4, -0.2) is 17.4 Å². The van der Waals surface area contributed by atoms with E-state index in [0.717, 1.165) is 6.42 Å². The van der Waals surface area contributed by atoms with Gasteiger partial charge in [-0.25, -0.2) is 0 Å². The second kappa shape index (κ2) is 3.22. The van der Waals surface area contributed by atoms with E-state index in [4.69, 9.17) is 5.11 Å². The highest BCUT2D eigenvalue weighted by molar-refractivity contribution is 5.71. The van der Waals surface area contributed by atoms with Crippen molar-refractivity contribution in [3.05, 3.63) is 0 Å². The minimum absolute atomic E-state index is 0.0162. The first kappa shape index (κ1) is 8.53. The maximum absolute atomic E-state index is 10.7. The zero-order chi connectivity index (χ0) is 8.43. The highest BCUT2D eigenvalue weighted by atomic mass is 16.6. The summed E-state index contributed by atoms with van der Waals surface area (Å²) in [5.41, 5.74) is 0. The van der Waals surface area contributed by atoms with Crippen molar-refractivity contribution in [1.82, 2.24) is 0 Å². The van der Waals surface area contributed by atoms with Crippen LogP contribution < -0.4 is 0 Å². The van der Waals surface area contributed by atoms with E-state index in [-0.39, 0.29) is 11.9 Å². The number of aliphatic hydroxyl groups excluding tert-OH is 1. The third-order valence-electron chi connectivity index (χ3n) is 1.86. The molecule has 1 fully saturated rings. The van der Waals surface area contributed by atoms with Crippen molar-refractivity contribution in [3.8, 4) is 0 Å². The molecule has 0 saturated carbocycles. The molecule has 0 aromatic rings. The SMILES string of the molecule is CC(C)C[C@H]1CC(=O)OC1O. The Morgan fingerprint density at radius 1 is 1.73 bits per heavy atom. The molecular weight excluding hydrogens is 144 g/mol. The van der Waals surface area contributed by atoms with Gasteiger partial charge in [-0.15, -0.1) is 0 Å². The van der Waals surface area contributed by atoms with Gasteiger partial charge in [-0.3, -0.25) is 4.79 Å². The number of hydrogen-bond acceptors (Lipinski definition) is 3. The third kappa shape index (κ3) is 2.19. The maximum Gasteiger partial charge on any atom is 0.308 e. The largest absolute Gasteiger partial charge is 0.436 e. The van der Waals surface area contributed by atoms with Crippen LogP contribution in [0.2, 0.25) is 0 Å². The van der Waals surface area contributed by atoms with Gasteiger partial charge in [0.15, 0.2) is 0 Å². The van der Waals surface area contributed by atoms with Crippen LogP contribution in [0.4, 0.5) is 0 Å². The Bertz CT molecular complexity index is 153. The average molecular weight is 158 g/mol. The minimum atomic E-state index is -0.857. The smallest absolute Gasteiger partial charge is 0.308 e. The molecule has 0 amide bonds. The molecule has 2 atom stereocenters. The normalized spacial score (nSPS) is 31.1. The number of cyclic esters (lactones) is 1. The molecule has 0 aliphatic carbocycles. The molecule has 1 heterocycles. The Hall–Kier alpha value is -0.570. The summed E-state index contributed by atoms with van der Waals surface area (Å²) in [6.07, 6.45) is 0.372. The molecule has 1 aliphatic rings.